The molecule has 2 spiro atoms. The third kappa shape index (κ3) is 1.21. The van der Waals surface area contributed by atoms with Gasteiger partial charge in [0.15, 0.2) is 0 Å². The summed E-state index contributed by atoms with van der Waals surface area (Å²) in [5.74, 6) is 0.959. The lowest BCUT2D eigenvalue weighted by Crippen LogP contribution is -2.56. The fourth-order valence-corrected chi connectivity index (χ4v) is 4.45. The zero-order valence-corrected chi connectivity index (χ0v) is 10.1. The number of carbonyl (C=O) groups is 1. The van der Waals surface area contributed by atoms with Crippen molar-refractivity contribution in [1.82, 2.24) is 5.32 Å². The molecule has 3 aliphatic rings. The van der Waals surface area contributed by atoms with Crippen molar-refractivity contribution >= 4 is 5.91 Å². The molecule has 2 heterocycles. The fourth-order valence-electron chi connectivity index (χ4n) is 4.45. The van der Waals surface area contributed by atoms with Gasteiger partial charge < -0.3 is 10.1 Å². The minimum Gasteiger partial charge on any atom is -0.381 e. The minimum atomic E-state index is 0.0677. The lowest BCUT2D eigenvalue weighted by Gasteiger charge is -2.48. The number of rotatable bonds is 0. The molecule has 16 heavy (non-hydrogen) atoms. The Morgan fingerprint density at radius 3 is 2.69 bits per heavy atom. The van der Waals surface area contributed by atoms with Crippen molar-refractivity contribution < 1.29 is 9.53 Å². The van der Waals surface area contributed by atoms with Crippen molar-refractivity contribution in [3.63, 3.8) is 0 Å². The molecule has 0 radical (unpaired) electrons. The standard InChI is InChI=1S/C13H21NO2/c1-10-3-2-4-12(10)9-11(15)14-13(12)5-7-16-8-6-13/h10H,2-9H2,1H3,(H,14,15). The number of amides is 1. The maximum absolute atomic E-state index is 11.9. The molecular weight excluding hydrogens is 202 g/mol. The highest BCUT2D eigenvalue weighted by molar-refractivity contribution is 5.81. The summed E-state index contributed by atoms with van der Waals surface area (Å²) in [7, 11) is 0. The highest BCUT2D eigenvalue weighted by atomic mass is 16.5. The van der Waals surface area contributed by atoms with Gasteiger partial charge in [-0.25, -0.2) is 0 Å². The topological polar surface area (TPSA) is 38.3 Å². The van der Waals surface area contributed by atoms with Crippen LogP contribution in [0.5, 0.6) is 0 Å². The summed E-state index contributed by atoms with van der Waals surface area (Å²) >= 11 is 0. The Hall–Kier alpha value is -0.570. The van der Waals surface area contributed by atoms with Gasteiger partial charge in [-0.2, -0.15) is 0 Å². The van der Waals surface area contributed by atoms with Gasteiger partial charge in [0.05, 0.1) is 5.54 Å². The molecule has 90 valence electrons. The summed E-state index contributed by atoms with van der Waals surface area (Å²) in [5, 5.41) is 3.31. The third-order valence-corrected chi connectivity index (χ3v) is 5.36. The molecule has 3 rings (SSSR count). The van der Waals surface area contributed by atoms with Gasteiger partial charge >= 0.3 is 0 Å². The molecule has 2 aliphatic heterocycles. The van der Waals surface area contributed by atoms with Crippen molar-refractivity contribution in [2.24, 2.45) is 11.3 Å². The zero-order valence-electron chi connectivity index (χ0n) is 10.1. The van der Waals surface area contributed by atoms with E-state index in [9.17, 15) is 4.79 Å². The maximum Gasteiger partial charge on any atom is 0.221 e. The van der Waals surface area contributed by atoms with E-state index < -0.39 is 0 Å². The SMILES string of the molecule is CC1CCCC12CC(=O)NC21CCOCC1. The van der Waals surface area contributed by atoms with Gasteiger partial charge in [0.1, 0.15) is 0 Å². The highest BCUT2D eigenvalue weighted by Crippen LogP contribution is 2.58. The van der Waals surface area contributed by atoms with Crippen LogP contribution in [0.1, 0.15) is 45.4 Å². The van der Waals surface area contributed by atoms with Gasteiger partial charge in [-0.15, -0.1) is 0 Å². The van der Waals surface area contributed by atoms with Crippen LogP contribution in [0, 0.1) is 11.3 Å². The van der Waals surface area contributed by atoms with E-state index in [1.165, 1.54) is 19.3 Å². The van der Waals surface area contributed by atoms with Crippen molar-refractivity contribution in [2.75, 3.05) is 13.2 Å². The Bertz CT molecular complexity index is 309. The van der Waals surface area contributed by atoms with E-state index in [4.69, 9.17) is 4.74 Å². The van der Waals surface area contributed by atoms with Crippen LogP contribution in [0.3, 0.4) is 0 Å². The molecule has 0 aromatic rings. The monoisotopic (exact) mass is 223 g/mol. The molecule has 2 atom stereocenters. The van der Waals surface area contributed by atoms with Gasteiger partial charge in [0.25, 0.3) is 0 Å². The largest absolute Gasteiger partial charge is 0.381 e. The summed E-state index contributed by atoms with van der Waals surface area (Å²) in [6.07, 6.45) is 6.60. The number of nitrogens with one attached hydrogen (secondary N) is 1. The van der Waals surface area contributed by atoms with Crippen molar-refractivity contribution in [3.8, 4) is 0 Å². The number of carbonyl (C=O) groups excluding carboxylic acids is 1. The lowest BCUT2D eigenvalue weighted by atomic mass is 9.61. The van der Waals surface area contributed by atoms with Crippen LogP contribution in [0.25, 0.3) is 0 Å². The zero-order chi connectivity index (χ0) is 11.2. The van der Waals surface area contributed by atoms with Gasteiger partial charge in [-0.3, -0.25) is 4.79 Å². The lowest BCUT2D eigenvalue weighted by molar-refractivity contribution is -0.120. The Morgan fingerprint density at radius 1 is 1.31 bits per heavy atom. The molecule has 3 nitrogen and oxygen atoms in total. The smallest absolute Gasteiger partial charge is 0.221 e. The molecule has 1 N–H and O–H groups in total. The first-order valence-corrected chi connectivity index (χ1v) is 6.57. The van der Waals surface area contributed by atoms with Crippen LogP contribution in [-0.2, 0) is 9.53 Å². The van der Waals surface area contributed by atoms with Gasteiger partial charge in [0.2, 0.25) is 5.91 Å². The summed E-state index contributed by atoms with van der Waals surface area (Å²) in [6, 6.07) is 0. The van der Waals surface area contributed by atoms with Crippen molar-refractivity contribution in [1.29, 1.82) is 0 Å². The molecule has 3 fully saturated rings. The Balaban J connectivity index is 1.98. The van der Waals surface area contributed by atoms with Crippen LogP contribution in [0.15, 0.2) is 0 Å². The number of hydrogen-bond donors (Lipinski definition) is 1. The number of fused-ring (bicyclic) bond motifs is 1. The van der Waals surface area contributed by atoms with Gasteiger partial charge in [0, 0.05) is 25.0 Å². The van der Waals surface area contributed by atoms with Crippen LogP contribution >= 0.6 is 0 Å². The molecule has 0 aromatic heterocycles. The number of ether oxygens (including phenoxy) is 1. The predicted molar refractivity (Wildman–Crippen MR) is 61.0 cm³/mol. The van der Waals surface area contributed by atoms with E-state index in [2.05, 4.69) is 12.2 Å². The second-order valence-corrected chi connectivity index (χ2v) is 5.87. The summed E-state index contributed by atoms with van der Waals surface area (Å²) in [6.45, 7) is 3.97. The Kier molecular flexibility index (Phi) is 2.29. The molecule has 1 saturated carbocycles. The quantitative estimate of drug-likeness (QED) is 0.680. The average molecular weight is 223 g/mol. The molecule has 3 heteroatoms. The second kappa shape index (κ2) is 3.46. The van der Waals surface area contributed by atoms with E-state index in [-0.39, 0.29) is 16.9 Å². The predicted octanol–water partition coefficient (Wildman–Crippen LogP) is 1.86. The van der Waals surface area contributed by atoms with E-state index in [1.807, 2.05) is 0 Å². The fraction of sp³-hybridized carbons (Fsp3) is 0.923. The van der Waals surface area contributed by atoms with E-state index >= 15 is 0 Å². The average Bonchev–Trinajstić information content (AvgIpc) is 2.74. The van der Waals surface area contributed by atoms with Crippen LogP contribution < -0.4 is 5.32 Å². The van der Waals surface area contributed by atoms with Crippen LogP contribution in [0.4, 0.5) is 0 Å². The van der Waals surface area contributed by atoms with Crippen molar-refractivity contribution in [3.05, 3.63) is 0 Å². The summed E-state index contributed by atoms with van der Waals surface area (Å²) in [5.41, 5.74) is 0.312. The number of hydrogen-bond acceptors (Lipinski definition) is 2. The highest BCUT2D eigenvalue weighted by Gasteiger charge is 2.61. The van der Waals surface area contributed by atoms with Crippen LogP contribution in [0.2, 0.25) is 0 Å². The van der Waals surface area contributed by atoms with Crippen molar-refractivity contribution in [2.45, 2.75) is 51.0 Å². The molecule has 0 aromatic carbocycles. The molecular formula is C13H21NO2. The van der Waals surface area contributed by atoms with E-state index in [0.29, 0.717) is 5.92 Å². The molecule has 0 bridgehead atoms. The second-order valence-electron chi connectivity index (χ2n) is 5.87. The Labute approximate surface area is 96.9 Å². The summed E-state index contributed by atoms with van der Waals surface area (Å²) < 4.78 is 5.48. The van der Waals surface area contributed by atoms with E-state index in [1.54, 1.807) is 0 Å². The van der Waals surface area contributed by atoms with Crippen LogP contribution in [-0.4, -0.2) is 24.7 Å². The molecule has 2 unspecified atom stereocenters. The van der Waals surface area contributed by atoms with Gasteiger partial charge in [-0.05, 0) is 25.2 Å². The minimum absolute atomic E-state index is 0.0677. The molecule has 2 saturated heterocycles. The first-order valence-electron chi connectivity index (χ1n) is 6.57. The van der Waals surface area contributed by atoms with E-state index in [0.717, 1.165) is 32.5 Å². The normalized spacial score (nSPS) is 41.8. The maximum atomic E-state index is 11.9. The third-order valence-electron chi connectivity index (χ3n) is 5.36. The first kappa shape index (κ1) is 10.6. The van der Waals surface area contributed by atoms with Gasteiger partial charge in [-0.1, -0.05) is 19.8 Å². The Morgan fingerprint density at radius 2 is 2.06 bits per heavy atom. The molecule has 1 aliphatic carbocycles. The molecule has 1 amide bonds. The summed E-state index contributed by atoms with van der Waals surface area (Å²) in [4.78, 5) is 11.9. The first-order chi connectivity index (χ1) is 7.69.